The van der Waals surface area contributed by atoms with Crippen LogP contribution in [0.4, 0.5) is 5.69 Å². The van der Waals surface area contributed by atoms with Crippen LogP contribution in [0, 0.1) is 5.92 Å². The van der Waals surface area contributed by atoms with Crippen LogP contribution in [0.5, 0.6) is 0 Å². The van der Waals surface area contributed by atoms with E-state index < -0.39 is 15.9 Å². The average molecular weight is 534 g/mol. The van der Waals surface area contributed by atoms with Crippen molar-refractivity contribution < 1.29 is 18.0 Å². The van der Waals surface area contributed by atoms with Crippen LogP contribution in [-0.4, -0.2) is 43.4 Å². The predicted octanol–water partition coefficient (Wildman–Crippen LogP) is 4.79. The first-order valence-electron chi connectivity index (χ1n) is 13.1. The number of para-hydroxylation sites is 1. The van der Waals surface area contributed by atoms with Crippen molar-refractivity contribution in [3.05, 3.63) is 102 Å². The fraction of sp³-hybridized carbons (Fsp3) is 0.333. The smallest absolute Gasteiger partial charge is 0.253 e. The molecule has 38 heavy (non-hydrogen) atoms. The molecule has 3 aromatic rings. The molecule has 3 aromatic carbocycles. The molecule has 0 aromatic heterocycles. The molecular formula is C30H35N3O4S. The molecular weight excluding hydrogens is 498 g/mol. The number of hydrogen-bond acceptors (Lipinski definition) is 4. The Bertz CT molecular complexity index is 1330. The number of amides is 2. The monoisotopic (exact) mass is 533 g/mol. The fourth-order valence-corrected chi connectivity index (χ4v) is 6.35. The van der Waals surface area contributed by atoms with E-state index in [4.69, 9.17) is 0 Å². The minimum absolute atomic E-state index is 0.0544. The van der Waals surface area contributed by atoms with Gasteiger partial charge in [0.05, 0.1) is 29.0 Å². The van der Waals surface area contributed by atoms with Crippen LogP contribution >= 0.6 is 0 Å². The summed E-state index contributed by atoms with van der Waals surface area (Å²) in [5, 5.41) is 5.88. The van der Waals surface area contributed by atoms with Crippen molar-refractivity contribution in [2.75, 3.05) is 24.2 Å². The number of piperidine rings is 1. The summed E-state index contributed by atoms with van der Waals surface area (Å²) in [7, 11) is -3.47. The molecule has 1 fully saturated rings. The van der Waals surface area contributed by atoms with Crippen LogP contribution in [-0.2, 0) is 21.2 Å². The number of benzene rings is 3. The molecule has 1 heterocycles. The molecule has 4 rings (SSSR count). The summed E-state index contributed by atoms with van der Waals surface area (Å²) in [6.45, 7) is 2.48. The maximum absolute atomic E-state index is 13.2. The highest BCUT2D eigenvalue weighted by atomic mass is 32.2. The van der Waals surface area contributed by atoms with Gasteiger partial charge in [0.15, 0.2) is 0 Å². The Labute approximate surface area is 225 Å². The van der Waals surface area contributed by atoms with Crippen molar-refractivity contribution in [3.8, 4) is 0 Å². The summed E-state index contributed by atoms with van der Waals surface area (Å²) in [6.07, 6.45) is 2.44. The van der Waals surface area contributed by atoms with Crippen LogP contribution in [0.15, 0.2) is 84.9 Å². The maximum Gasteiger partial charge on any atom is 0.253 e. The van der Waals surface area contributed by atoms with Crippen molar-refractivity contribution in [1.82, 2.24) is 9.62 Å². The number of carbonyl (C=O) groups is 2. The molecule has 2 amide bonds. The lowest BCUT2D eigenvalue weighted by Crippen LogP contribution is -2.44. The molecule has 1 aliphatic heterocycles. The summed E-state index contributed by atoms with van der Waals surface area (Å²) < 4.78 is 27.5. The van der Waals surface area contributed by atoms with Gasteiger partial charge in [0, 0.05) is 13.1 Å². The van der Waals surface area contributed by atoms with E-state index in [-0.39, 0.29) is 30.2 Å². The van der Waals surface area contributed by atoms with Gasteiger partial charge in [-0.3, -0.25) is 9.59 Å². The normalized spacial score (nSPS) is 16.9. The Kier molecular flexibility index (Phi) is 9.31. The van der Waals surface area contributed by atoms with Crippen LogP contribution in [0.3, 0.4) is 0 Å². The minimum atomic E-state index is -3.47. The first-order valence-corrected chi connectivity index (χ1v) is 14.7. The van der Waals surface area contributed by atoms with Crippen molar-refractivity contribution in [2.45, 2.75) is 38.6 Å². The summed E-state index contributed by atoms with van der Waals surface area (Å²) in [5.41, 5.74) is 2.87. The van der Waals surface area contributed by atoms with E-state index in [0.29, 0.717) is 43.5 Å². The molecule has 7 nitrogen and oxygen atoms in total. The molecule has 2 N–H and O–H groups in total. The Morgan fingerprint density at radius 3 is 2.34 bits per heavy atom. The molecule has 1 saturated heterocycles. The van der Waals surface area contributed by atoms with Crippen molar-refractivity contribution in [1.29, 1.82) is 0 Å². The van der Waals surface area contributed by atoms with Gasteiger partial charge in [-0.1, -0.05) is 72.8 Å². The van der Waals surface area contributed by atoms with Gasteiger partial charge in [0.1, 0.15) is 0 Å². The van der Waals surface area contributed by atoms with Gasteiger partial charge in [0.25, 0.3) is 5.91 Å². The second-order valence-corrected chi connectivity index (χ2v) is 11.8. The number of anilines is 1. The summed E-state index contributed by atoms with van der Waals surface area (Å²) in [6, 6.07) is 26.2. The molecule has 0 bridgehead atoms. The molecule has 1 aliphatic rings. The van der Waals surface area contributed by atoms with E-state index in [1.54, 1.807) is 24.3 Å². The lowest BCUT2D eigenvalue weighted by atomic mass is 9.98. The molecule has 8 heteroatoms. The first-order chi connectivity index (χ1) is 18.3. The number of aryl methyl sites for hydroxylation is 1. The van der Waals surface area contributed by atoms with Crippen molar-refractivity contribution >= 4 is 27.5 Å². The van der Waals surface area contributed by atoms with Gasteiger partial charge in [-0.15, -0.1) is 0 Å². The maximum atomic E-state index is 13.2. The lowest BCUT2D eigenvalue weighted by molar-refractivity contribution is -0.120. The van der Waals surface area contributed by atoms with Crippen LogP contribution in [0.2, 0.25) is 0 Å². The highest BCUT2D eigenvalue weighted by Crippen LogP contribution is 2.24. The largest absolute Gasteiger partial charge is 0.345 e. The van der Waals surface area contributed by atoms with Gasteiger partial charge in [-0.2, -0.15) is 0 Å². The number of nitrogens with one attached hydrogen (secondary N) is 2. The minimum Gasteiger partial charge on any atom is -0.345 e. The highest BCUT2D eigenvalue weighted by Gasteiger charge is 2.32. The number of rotatable bonds is 10. The van der Waals surface area contributed by atoms with Gasteiger partial charge >= 0.3 is 0 Å². The summed E-state index contributed by atoms with van der Waals surface area (Å²) in [4.78, 5) is 26.2. The van der Waals surface area contributed by atoms with E-state index in [2.05, 4.69) is 10.6 Å². The zero-order chi connectivity index (χ0) is 27.0. The molecule has 200 valence electrons. The Morgan fingerprint density at radius 2 is 1.61 bits per heavy atom. The first kappa shape index (κ1) is 27.5. The van der Waals surface area contributed by atoms with Crippen LogP contribution in [0.25, 0.3) is 0 Å². The van der Waals surface area contributed by atoms with Gasteiger partial charge in [0.2, 0.25) is 15.9 Å². The van der Waals surface area contributed by atoms with E-state index in [9.17, 15) is 18.0 Å². The van der Waals surface area contributed by atoms with Crippen LogP contribution in [0.1, 0.15) is 53.7 Å². The fourth-order valence-electron chi connectivity index (χ4n) is 4.77. The molecule has 2 atom stereocenters. The van der Waals surface area contributed by atoms with Gasteiger partial charge < -0.3 is 10.6 Å². The van der Waals surface area contributed by atoms with Crippen molar-refractivity contribution in [2.24, 2.45) is 5.92 Å². The molecule has 0 aliphatic carbocycles. The van der Waals surface area contributed by atoms with E-state index in [1.807, 2.05) is 67.6 Å². The van der Waals surface area contributed by atoms with Gasteiger partial charge in [-0.05, 0) is 55.9 Å². The Hall–Kier alpha value is -3.49. The Morgan fingerprint density at radius 1 is 0.947 bits per heavy atom. The zero-order valence-electron chi connectivity index (χ0n) is 21.7. The summed E-state index contributed by atoms with van der Waals surface area (Å²) in [5.74, 6) is -0.986. The standard InChI is InChI=1S/C30H35N3O4S/c1-23(25-15-6-3-7-16-25)31-30(35)27-18-8-9-19-28(27)32-29(34)26-17-10-20-33(22-26)38(36,37)21-11-14-24-12-4-2-5-13-24/h2-9,12-13,15-16,18-19,23,26H,10-11,14,17,20-22H2,1H3,(H,31,35)(H,32,34)/t23-,26+/m0/s1. The van der Waals surface area contributed by atoms with Crippen molar-refractivity contribution in [3.63, 3.8) is 0 Å². The third-order valence-corrected chi connectivity index (χ3v) is 8.86. The SMILES string of the molecule is C[C@H](NC(=O)c1ccccc1NC(=O)[C@@H]1CCCN(S(=O)(=O)CCCc2ccccc2)C1)c1ccccc1. The van der Waals surface area contributed by atoms with Gasteiger partial charge in [-0.25, -0.2) is 12.7 Å². The quantitative estimate of drug-likeness (QED) is 0.392. The highest BCUT2D eigenvalue weighted by molar-refractivity contribution is 7.89. The van der Waals surface area contributed by atoms with E-state index >= 15 is 0 Å². The molecule has 0 spiro atoms. The topological polar surface area (TPSA) is 95.6 Å². The average Bonchev–Trinajstić information content (AvgIpc) is 2.94. The zero-order valence-corrected chi connectivity index (χ0v) is 22.5. The lowest BCUT2D eigenvalue weighted by Gasteiger charge is -2.31. The number of nitrogens with zero attached hydrogens (tertiary/aromatic N) is 1. The van der Waals surface area contributed by atoms with Crippen LogP contribution < -0.4 is 10.6 Å². The molecule has 0 saturated carbocycles. The van der Waals surface area contributed by atoms with E-state index in [1.165, 1.54) is 4.31 Å². The molecule has 0 radical (unpaired) electrons. The third kappa shape index (κ3) is 7.30. The summed E-state index contributed by atoms with van der Waals surface area (Å²) >= 11 is 0. The number of hydrogen-bond donors (Lipinski definition) is 2. The second-order valence-electron chi connectivity index (χ2n) is 9.74. The number of carbonyl (C=O) groups excluding carboxylic acids is 2. The Balaban J connectivity index is 1.36. The molecule has 0 unspecified atom stereocenters. The predicted molar refractivity (Wildman–Crippen MR) is 150 cm³/mol. The second kappa shape index (κ2) is 12.8. The number of sulfonamides is 1. The third-order valence-electron chi connectivity index (χ3n) is 6.94. The van der Waals surface area contributed by atoms with E-state index in [0.717, 1.165) is 11.1 Å².